The van der Waals surface area contributed by atoms with Gasteiger partial charge in [0.1, 0.15) is 5.58 Å². The third-order valence-electron chi connectivity index (χ3n) is 3.42. The molecule has 0 N–H and O–H groups in total. The highest BCUT2D eigenvalue weighted by atomic mass is 16.3. The zero-order valence-corrected chi connectivity index (χ0v) is 10.9. The van der Waals surface area contributed by atoms with Crippen LogP contribution in [0.3, 0.4) is 0 Å². The number of hydrogen-bond donors (Lipinski definition) is 0. The van der Waals surface area contributed by atoms with Gasteiger partial charge in [0, 0.05) is 10.9 Å². The van der Waals surface area contributed by atoms with Gasteiger partial charge in [0.25, 0.3) is 0 Å². The van der Waals surface area contributed by atoms with Gasteiger partial charge in [-0.1, -0.05) is 49.4 Å². The van der Waals surface area contributed by atoms with Crippen molar-refractivity contribution in [3.8, 4) is 0 Å². The second-order valence-electron chi connectivity index (χ2n) is 4.74. The highest BCUT2D eigenvalue weighted by Gasteiger charge is 2.08. The molecule has 0 atom stereocenters. The van der Waals surface area contributed by atoms with Crippen LogP contribution in [0.2, 0.25) is 0 Å². The quantitative estimate of drug-likeness (QED) is 0.572. The molecule has 1 aromatic heterocycles. The predicted molar refractivity (Wildman–Crippen MR) is 81.2 cm³/mol. The molecule has 0 fully saturated rings. The molecule has 0 saturated heterocycles. The van der Waals surface area contributed by atoms with Crippen LogP contribution in [0.25, 0.3) is 21.7 Å². The van der Waals surface area contributed by atoms with Crippen LogP contribution in [0.15, 0.2) is 59.2 Å². The molecule has 0 aliphatic heterocycles. The van der Waals surface area contributed by atoms with Gasteiger partial charge < -0.3 is 4.42 Å². The van der Waals surface area contributed by atoms with Gasteiger partial charge in [-0.2, -0.15) is 0 Å². The third-order valence-corrected chi connectivity index (χ3v) is 3.42. The Morgan fingerprint density at radius 3 is 2.84 bits per heavy atom. The topological polar surface area (TPSA) is 13.1 Å². The molecular formula is C18H17O. The lowest BCUT2D eigenvalue weighted by Crippen LogP contribution is -1.80. The van der Waals surface area contributed by atoms with Crippen LogP contribution in [0.1, 0.15) is 18.4 Å². The normalized spacial score (nSPS) is 11.8. The molecule has 2 aromatic carbocycles. The second kappa shape index (κ2) is 5.31. The summed E-state index contributed by atoms with van der Waals surface area (Å²) in [6, 6.07) is 12.6. The van der Waals surface area contributed by atoms with E-state index in [1.54, 1.807) is 0 Å². The molecule has 1 heteroatoms. The fraction of sp³-hybridized carbons (Fsp3) is 0.167. The number of allylic oxidation sites excluding steroid dienone is 2. The van der Waals surface area contributed by atoms with Crippen molar-refractivity contribution in [1.82, 2.24) is 0 Å². The zero-order chi connectivity index (χ0) is 13.1. The van der Waals surface area contributed by atoms with Crippen molar-refractivity contribution in [3.63, 3.8) is 0 Å². The summed E-state index contributed by atoms with van der Waals surface area (Å²) in [5, 5.41) is 3.78. The van der Waals surface area contributed by atoms with Crippen LogP contribution in [-0.2, 0) is 6.42 Å². The Kier molecular flexibility index (Phi) is 3.37. The minimum atomic E-state index is 0.918. The standard InChI is InChI=1S/C18H17O/c1-2-3-4-5-9-15-13-19-17-12-11-14-8-6-7-10-16(14)18(15)17/h4-8,10-13H,1-3,9H2. The summed E-state index contributed by atoms with van der Waals surface area (Å²) in [6.07, 6.45) is 9.18. The number of unbranched alkanes of at least 4 members (excludes halogenated alkanes) is 1. The van der Waals surface area contributed by atoms with E-state index >= 15 is 0 Å². The molecule has 0 aliphatic carbocycles. The largest absolute Gasteiger partial charge is 0.464 e. The molecule has 1 radical (unpaired) electrons. The molecule has 0 saturated carbocycles. The van der Waals surface area contributed by atoms with E-state index in [0.717, 1.165) is 24.8 Å². The SMILES string of the molecule is [CH2]CCC=CCc1coc2ccc3ccccc3c12. The summed E-state index contributed by atoms with van der Waals surface area (Å²) < 4.78 is 5.67. The van der Waals surface area contributed by atoms with Gasteiger partial charge in [-0.15, -0.1) is 0 Å². The molecule has 19 heavy (non-hydrogen) atoms. The fourth-order valence-corrected chi connectivity index (χ4v) is 2.47. The summed E-state index contributed by atoms with van der Waals surface area (Å²) in [5.41, 5.74) is 2.23. The van der Waals surface area contributed by atoms with E-state index in [2.05, 4.69) is 55.5 Å². The molecule has 0 bridgehead atoms. The first kappa shape index (κ1) is 12.0. The average Bonchev–Trinajstić information content (AvgIpc) is 2.87. The maximum absolute atomic E-state index is 5.67. The lowest BCUT2D eigenvalue weighted by Gasteiger charge is -2.00. The van der Waals surface area contributed by atoms with Gasteiger partial charge in [0.05, 0.1) is 6.26 Å². The molecular weight excluding hydrogens is 232 g/mol. The summed E-state index contributed by atoms with van der Waals surface area (Å²) >= 11 is 0. The van der Waals surface area contributed by atoms with Gasteiger partial charge >= 0.3 is 0 Å². The first-order chi connectivity index (χ1) is 9.40. The number of hydrogen-bond acceptors (Lipinski definition) is 1. The molecule has 3 rings (SSSR count). The Hall–Kier alpha value is -2.02. The summed E-state index contributed by atoms with van der Waals surface area (Å²) in [4.78, 5) is 0. The molecule has 95 valence electrons. The van der Waals surface area contributed by atoms with Crippen molar-refractivity contribution >= 4 is 21.7 Å². The second-order valence-corrected chi connectivity index (χ2v) is 4.74. The maximum Gasteiger partial charge on any atom is 0.134 e. The van der Waals surface area contributed by atoms with Gasteiger partial charge in [0.2, 0.25) is 0 Å². The Labute approximate surface area is 113 Å². The number of benzene rings is 2. The van der Waals surface area contributed by atoms with Crippen molar-refractivity contribution < 1.29 is 4.42 Å². The van der Waals surface area contributed by atoms with Crippen molar-refractivity contribution in [2.24, 2.45) is 0 Å². The lowest BCUT2D eigenvalue weighted by molar-refractivity contribution is 0.612. The van der Waals surface area contributed by atoms with Crippen molar-refractivity contribution in [3.05, 3.63) is 67.3 Å². The van der Waals surface area contributed by atoms with E-state index in [-0.39, 0.29) is 0 Å². The molecule has 0 spiro atoms. The summed E-state index contributed by atoms with van der Waals surface area (Å²) in [7, 11) is 0. The van der Waals surface area contributed by atoms with Crippen LogP contribution >= 0.6 is 0 Å². The van der Waals surface area contributed by atoms with Gasteiger partial charge in [0.15, 0.2) is 0 Å². The van der Waals surface area contributed by atoms with E-state index in [1.165, 1.54) is 21.7 Å². The maximum atomic E-state index is 5.67. The Morgan fingerprint density at radius 1 is 1.05 bits per heavy atom. The summed E-state index contributed by atoms with van der Waals surface area (Å²) in [6.45, 7) is 3.84. The molecule has 1 nitrogen and oxygen atoms in total. The van der Waals surface area contributed by atoms with E-state index in [1.807, 2.05) is 6.26 Å². The monoisotopic (exact) mass is 249 g/mol. The summed E-state index contributed by atoms with van der Waals surface area (Å²) in [5.74, 6) is 0. The first-order valence-corrected chi connectivity index (χ1v) is 6.72. The Balaban J connectivity index is 2.07. The lowest BCUT2D eigenvalue weighted by atomic mass is 10.0. The minimum Gasteiger partial charge on any atom is -0.464 e. The van der Waals surface area contributed by atoms with Crippen molar-refractivity contribution in [1.29, 1.82) is 0 Å². The van der Waals surface area contributed by atoms with Crippen molar-refractivity contribution in [2.75, 3.05) is 0 Å². The number of furan rings is 1. The van der Waals surface area contributed by atoms with Crippen LogP contribution in [-0.4, -0.2) is 0 Å². The first-order valence-electron chi connectivity index (χ1n) is 6.72. The predicted octanol–water partition coefficient (Wildman–Crippen LogP) is 5.30. The fourth-order valence-electron chi connectivity index (χ4n) is 2.47. The van der Waals surface area contributed by atoms with Gasteiger partial charge in [-0.3, -0.25) is 0 Å². The third kappa shape index (κ3) is 2.28. The molecule has 3 aromatic rings. The van der Waals surface area contributed by atoms with Crippen LogP contribution in [0.4, 0.5) is 0 Å². The number of rotatable bonds is 4. The van der Waals surface area contributed by atoms with Gasteiger partial charge in [-0.05, 0) is 36.1 Å². The molecule has 0 aliphatic rings. The van der Waals surface area contributed by atoms with Gasteiger partial charge in [-0.25, -0.2) is 0 Å². The number of fused-ring (bicyclic) bond motifs is 3. The average molecular weight is 249 g/mol. The smallest absolute Gasteiger partial charge is 0.134 e. The van der Waals surface area contributed by atoms with E-state index in [9.17, 15) is 0 Å². The molecule has 0 unspecified atom stereocenters. The Morgan fingerprint density at radius 2 is 1.95 bits per heavy atom. The van der Waals surface area contributed by atoms with E-state index < -0.39 is 0 Å². The van der Waals surface area contributed by atoms with Crippen LogP contribution < -0.4 is 0 Å². The molecule has 0 amide bonds. The highest BCUT2D eigenvalue weighted by molar-refractivity contribution is 6.07. The highest BCUT2D eigenvalue weighted by Crippen LogP contribution is 2.30. The molecule has 1 heterocycles. The van der Waals surface area contributed by atoms with E-state index in [4.69, 9.17) is 4.42 Å². The zero-order valence-electron chi connectivity index (χ0n) is 10.9. The van der Waals surface area contributed by atoms with E-state index in [0.29, 0.717) is 0 Å². The Bertz CT molecular complexity index is 719. The van der Waals surface area contributed by atoms with Crippen LogP contribution in [0, 0.1) is 6.92 Å². The van der Waals surface area contributed by atoms with Crippen molar-refractivity contribution in [2.45, 2.75) is 19.3 Å². The minimum absolute atomic E-state index is 0.918. The van der Waals surface area contributed by atoms with Crippen LogP contribution in [0.5, 0.6) is 0 Å².